The van der Waals surface area contributed by atoms with Gasteiger partial charge in [-0.2, -0.15) is 0 Å². The molecule has 0 aromatic heterocycles. The fraction of sp³-hybridized carbons (Fsp3) is 0.375. The van der Waals surface area contributed by atoms with Crippen LogP contribution in [0.15, 0.2) is 42.0 Å². The quantitative estimate of drug-likeness (QED) is 0.812. The van der Waals surface area contributed by atoms with Gasteiger partial charge in [-0.3, -0.25) is 4.79 Å². The predicted molar refractivity (Wildman–Crippen MR) is 78.4 cm³/mol. The summed E-state index contributed by atoms with van der Waals surface area (Å²) >= 11 is 0. The Labute approximate surface area is 119 Å². The highest BCUT2D eigenvalue weighted by atomic mass is 16.4. The number of carboxylic acid groups (broad SMARTS) is 1. The molecule has 4 heteroatoms. The van der Waals surface area contributed by atoms with Gasteiger partial charge in [-0.15, -0.1) is 0 Å². The van der Waals surface area contributed by atoms with E-state index in [0.717, 1.165) is 11.6 Å². The molecule has 1 rings (SSSR count). The maximum absolute atomic E-state index is 12.1. The van der Waals surface area contributed by atoms with Gasteiger partial charge in [0.2, 0.25) is 5.91 Å². The van der Waals surface area contributed by atoms with Crippen molar-refractivity contribution >= 4 is 11.9 Å². The summed E-state index contributed by atoms with van der Waals surface area (Å²) in [4.78, 5) is 22.9. The molecule has 0 spiro atoms. The standard InChI is InChI=1S/C16H21NO3/c1-16(2,3)17-15(20)13(11-14(18)19)10-9-12-7-5-4-6-8-12/h4-8,11H,9-10H2,1-3H3,(H,17,20)(H,18,19)/b13-11-. The molecular formula is C16H21NO3. The van der Waals surface area contributed by atoms with Crippen LogP contribution in [0.1, 0.15) is 32.8 Å². The van der Waals surface area contributed by atoms with Crippen LogP contribution in [0.5, 0.6) is 0 Å². The fourth-order valence-corrected chi connectivity index (χ4v) is 1.74. The third-order valence-electron chi connectivity index (χ3n) is 2.60. The summed E-state index contributed by atoms with van der Waals surface area (Å²) in [5.74, 6) is -1.42. The van der Waals surface area contributed by atoms with Gasteiger partial charge in [0.25, 0.3) is 0 Å². The van der Waals surface area contributed by atoms with Crippen molar-refractivity contribution in [1.29, 1.82) is 0 Å². The van der Waals surface area contributed by atoms with Crippen LogP contribution in [0, 0.1) is 0 Å². The monoisotopic (exact) mass is 275 g/mol. The van der Waals surface area contributed by atoms with Crippen LogP contribution < -0.4 is 5.32 Å². The van der Waals surface area contributed by atoms with Crippen molar-refractivity contribution in [2.45, 2.75) is 39.2 Å². The lowest BCUT2D eigenvalue weighted by atomic mass is 10.0. The Balaban J connectivity index is 2.76. The van der Waals surface area contributed by atoms with Crippen molar-refractivity contribution in [3.8, 4) is 0 Å². The second-order valence-electron chi connectivity index (χ2n) is 5.70. The highest BCUT2D eigenvalue weighted by molar-refractivity contribution is 5.99. The number of hydrogen-bond donors (Lipinski definition) is 2. The predicted octanol–water partition coefficient (Wildman–Crippen LogP) is 2.54. The second kappa shape index (κ2) is 6.89. The van der Waals surface area contributed by atoms with Gasteiger partial charge in [-0.1, -0.05) is 30.3 Å². The number of aryl methyl sites for hydroxylation is 1. The Hall–Kier alpha value is -2.10. The zero-order chi connectivity index (χ0) is 15.2. The Morgan fingerprint density at radius 3 is 2.30 bits per heavy atom. The van der Waals surface area contributed by atoms with E-state index in [2.05, 4.69) is 5.32 Å². The molecule has 0 bridgehead atoms. The van der Waals surface area contributed by atoms with Crippen LogP contribution in [0.2, 0.25) is 0 Å². The number of amides is 1. The molecule has 0 atom stereocenters. The van der Waals surface area contributed by atoms with E-state index in [0.29, 0.717) is 12.8 Å². The Kier molecular flexibility index (Phi) is 5.50. The highest BCUT2D eigenvalue weighted by Gasteiger charge is 2.18. The Bertz CT molecular complexity index is 498. The maximum atomic E-state index is 12.1. The van der Waals surface area contributed by atoms with Crippen molar-refractivity contribution in [3.05, 3.63) is 47.5 Å². The lowest BCUT2D eigenvalue weighted by molar-refractivity contribution is -0.132. The van der Waals surface area contributed by atoms with Crippen LogP contribution >= 0.6 is 0 Å². The average molecular weight is 275 g/mol. The van der Waals surface area contributed by atoms with Gasteiger partial charge < -0.3 is 10.4 Å². The molecule has 1 aromatic carbocycles. The normalized spacial score (nSPS) is 12.1. The van der Waals surface area contributed by atoms with Crippen molar-refractivity contribution in [3.63, 3.8) is 0 Å². The summed E-state index contributed by atoms with van der Waals surface area (Å²) < 4.78 is 0. The minimum Gasteiger partial charge on any atom is -0.478 e. The van der Waals surface area contributed by atoms with Gasteiger partial charge in [0.15, 0.2) is 0 Å². The van der Waals surface area contributed by atoms with Gasteiger partial charge in [0.05, 0.1) is 0 Å². The molecule has 0 unspecified atom stereocenters. The van der Waals surface area contributed by atoms with Gasteiger partial charge >= 0.3 is 5.97 Å². The minimum absolute atomic E-state index is 0.288. The van der Waals surface area contributed by atoms with Gasteiger partial charge in [-0.25, -0.2) is 4.79 Å². The van der Waals surface area contributed by atoms with Crippen molar-refractivity contribution < 1.29 is 14.7 Å². The Morgan fingerprint density at radius 1 is 1.20 bits per heavy atom. The first-order valence-corrected chi connectivity index (χ1v) is 6.58. The molecule has 20 heavy (non-hydrogen) atoms. The maximum Gasteiger partial charge on any atom is 0.328 e. The number of rotatable bonds is 5. The van der Waals surface area contributed by atoms with Crippen LogP contribution in [0.4, 0.5) is 0 Å². The summed E-state index contributed by atoms with van der Waals surface area (Å²) in [7, 11) is 0. The summed E-state index contributed by atoms with van der Waals surface area (Å²) in [6, 6.07) is 9.68. The van der Waals surface area contributed by atoms with Crippen LogP contribution in [-0.2, 0) is 16.0 Å². The minimum atomic E-state index is -1.10. The van der Waals surface area contributed by atoms with E-state index >= 15 is 0 Å². The molecular weight excluding hydrogens is 254 g/mol. The fourth-order valence-electron chi connectivity index (χ4n) is 1.74. The molecule has 108 valence electrons. The molecule has 4 nitrogen and oxygen atoms in total. The summed E-state index contributed by atoms with van der Waals surface area (Å²) in [6.07, 6.45) is 2.03. The number of benzene rings is 1. The molecule has 0 saturated carbocycles. The van der Waals surface area contributed by atoms with Crippen LogP contribution in [-0.4, -0.2) is 22.5 Å². The molecule has 0 aliphatic rings. The van der Waals surface area contributed by atoms with E-state index < -0.39 is 5.97 Å². The number of aliphatic carboxylic acids is 1. The highest BCUT2D eigenvalue weighted by Crippen LogP contribution is 2.11. The lowest BCUT2D eigenvalue weighted by Crippen LogP contribution is -2.41. The third kappa shape index (κ3) is 6.18. The van der Waals surface area contributed by atoms with E-state index in [4.69, 9.17) is 5.11 Å². The van der Waals surface area contributed by atoms with Gasteiger partial charge in [0, 0.05) is 17.2 Å². The zero-order valence-electron chi connectivity index (χ0n) is 12.1. The Morgan fingerprint density at radius 2 is 1.80 bits per heavy atom. The first kappa shape index (κ1) is 16.0. The van der Waals surface area contributed by atoms with Crippen LogP contribution in [0.3, 0.4) is 0 Å². The number of nitrogens with one attached hydrogen (secondary N) is 1. The molecule has 1 aromatic rings. The second-order valence-corrected chi connectivity index (χ2v) is 5.70. The molecule has 0 aliphatic carbocycles. The summed E-state index contributed by atoms with van der Waals surface area (Å²) in [5, 5.41) is 11.7. The van der Waals surface area contributed by atoms with Crippen molar-refractivity contribution in [2.24, 2.45) is 0 Å². The molecule has 0 heterocycles. The molecule has 2 N–H and O–H groups in total. The number of hydrogen-bond acceptors (Lipinski definition) is 2. The summed E-state index contributed by atoms with van der Waals surface area (Å²) in [6.45, 7) is 5.58. The molecule has 0 saturated heterocycles. The van der Waals surface area contributed by atoms with E-state index in [9.17, 15) is 9.59 Å². The van der Waals surface area contributed by atoms with E-state index in [1.165, 1.54) is 0 Å². The molecule has 0 aliphatic heterocycles. The van der Waals surface area contributed by atoms with E-state index in [1.54, 1.807) is 0 Å². The smallest absolute Gasteiger partial charge is 0.328 e. The van der Waals surface area contributed by atoms with E-state index in [1.807, 2.05) is 51.1 Å². The van der Waals surface area contributed by atoms with Crippen LogP contribution in [0.25, 0.3) is 0 Å². The molecule has 0 radical (unpaired) electrons. The first-order valence-electron chi connectivity index (χ1n) is 6.58. The average Bonchev–Trinajstić information content (AvgIpc) is 2.33. The zero-order valence-corrected chi connectivity index (χ0v) is 12.1. The molecule has 0 fully saturated rings. The van der Waals surface area contributed by atoms with E-state index in [-0.39, 0.29) is 17.0 Å². The van der Waals surface area contributed by atoms with Crippen molar-refractivity contribution in [2.75, 3.05) is 0 Å². The van der Waals surface area contributed by atoms with Gasteiger partial charge in [0.1, 0.15) is 0 Å². The lowest BCUT2D eigenvalue weighted by Gasteiger charge is -2.21. The largest absolute Gasteiger partial charge is 0.478 e. The number of carboxylic acids is 1. The third-order valence-corrected chi connectivity index (χ3v) is 2.60. The van der Waals surface area contributed by atoms with Gasteiger partial charge in [-0.05, 0) is 39.2 Å². The number of carbonyl (C=O) groups is 2. The summed E-state index contributed by atoms with van der Waals surface area (Å²) in [5.41, 5.74) is 0.977. The topological polar surface area (TPSA) is 66.4 Å². The first-order chi connectivity index (χ1) is 9.28. The SMILES string of the molecule is CC(C)(C)NC(=O)/C(=C\C(=O)O)CCc1ccccc1. The number of carbonyl (C=O) groups excluding carboxylic acids is 1. The van der Waals surface area contributed by atoms with Crippen molar-refractivity contribution in [1.82, 2.24) is 5.32 Å². The molecule has 1 amide bonds.